The van der Waals surface area contributed by atoms with Crippen molar-refractivity contribution >= 4 is 29.2 Å². The van der Waals surface area contributed by atoms with Crippen molar-refractivity contribution in [1.29, 1.82) is 0 Å². The normalized spacial score (nSPS) is 10.5. The number of nitrogens with zero attached hydrogens (tertiary/aromatic N) is 1. The van der Waals surface area contributed by atoms with Crippen molar-refractivity contribution in [2.24, 2.45) is 0 Å². The van der Waals surface area contributed by atoms with Gasteiger partial charge in [0.05, 0.1) is 10.6 Å². The van der Waals surface area contributed by atoms with E-state index >= 15 is 0 Å². The molecule has 2 rings (SSSR count). The van der Waals surface area contributed by atoms with Crippen LogP contribution < -0.4 is 10.1 Å². The van der Waals surface area contributed by atoms with Crippen molar-refractivity contribution in [3.8, 4) is 5.75 Å². The van der Waals surface area contributed by atoms with Gasteiger partial charge in [0.15, 0.2) is 6.61 Å². The Morgan fingerprint density at radius 2 is 2.00 bits per heavy atom. The van der Waals surface area contributed by atoms with Gasteiger partial charge < -0.3 is 19.7 Å². The largest absolute Gasteiger partial charge is 0.480 e. The summed E-state index contributed by atoms with van der Waals surface area (Å²) >= 11 is 6.05. The minimum atomic E-state index is -1.09. The van der Waals surface area contributed by atoms with Crippen LogP contribution in [0.2, 0.25) is 5.02 Å². The van der Waals surface area contributed by atoms with E-state index in [4.69, 9.17) is 21.4 Å². The highest BCUT2D eigenvalue weighted by Gasteiger charge is 2.15. The van der Waals surface area contributed by atoms with E-state index in [1.54, 1.807) is 6.07 Å². The molecular formula is C17H19ClN2O4. The molecule has 0 saturated carbocycles. The quantitative estimate of drug-likeness (QED) is 0.835. The van der Waals surface area contributed by atoms with E-state index in [1.807, 2.05) is 26.8 Å². The number of aliphatic carboxylic acids is 1. The van der Waals surface area contributed by atoms with Gasteiger partial charge in [-0.1, -0.05) is 11.6 Å². The molecule has 0 aliphatic rings. The summed E-state index contributed by atoms with van der Waals surface area (Å²) in [6, 6.07) is 6.51. The summed E-state index contributed by atoms with van der Waals surface area (Å²) < 4.78 is 7.11. The topological polar surface area (TPSA) is 80.6 Å². The molecule has 0 atom stereocenters. The first-order valence-electron chi connectivity index (χ1n) is 7.45. The molecule has 2 aromatic rings. The van der Waals surface area contributed by atoms with Crippen molar-refractivity contribution in [3.63, 3.8) is 0 Å². The van der Waals surface area contributed by atoms with Crippen LogP contribution in [0.1, 0.15) is 28.7 Å². The molecule has 2 N–H and O–H groups in total. The number of carbonyl (C=O) groups is 2. The molecule has 7 heteroatoms. The van der Waals surface area contributed by atoms with Gasteiger partial charge in [-0.15, -0.1) is 0 Å². The van der Waals surface area contributed by atoms with Crippen LogP contribution in [-0.2, 0) is 11.3 Å². The Hall–Kier alpha value is -2.47. The van der Waals surface area contributed by atoms with Gasteiger partial charge in [0.2, 0.25) is 0 Å². The Kier molecular flexibility index (Phi) is 5.51. The highest BCUT2D eigenvalue weighted by Crippen LogP contribution is 2.28. The van der Waals surface area contributed by atoms with Crippen LogP contribution in [0.15, 0.2) is 24.3 Å². The number of amides is 1. The lowest BCUT2D eigenvalue weighted by atomic mass is 10.2. The van der Waals surface area contributed by atoms with Crippen molar-refractivity contribution in [2.75, 3.05) is 11.9 Å². The van der Waals surface area contributed by atoms with Crippen LogP contribution in [0.3, 0.4) is 0 Å². The third-order valence-corrected chi connectivity index (χ3v) is 3.97. The first kappa shape index (κ1) is 17.9. The molecule has 0 aliphatic heterocycles. The Morgan fingerprint density at radius 3 is 2.54 bits per heavy atom. The van der Waals surface area contributed by atoms with E-state index < -0.39 is 12.6 Å². The first-order valence-corrected chi connectivity index (χ1v) is 7.83. The number of benzene rings is 1. The first-order chi connectivity index (χ1) is 11.3. The smallest absolute Gasteiger partial charge is 0.341 e. The maximum absolute atomic E-state index is 12.5. The average Bonchev–Trinajstić information content (AvgIpc) is 2.80. The number of carboxylic acids is 1. The number of ether oxygens (including phenoxy) is 1. The number of nitrogens with one attached hydrogen (secondary N) is 1. The van der Waals surface area contributed by atoms with Gasteiger partial charge in [-0.3, -0.25) is 4.79 Å². The molecule has 0 spiro atoms. The average molecular weight is 351 g/mol. The molecule has 6 nitrogen and oxygen atoms in total. The lowest BCUT2D eigenvalue weighted by Gasteiger charge is -2.10. The fourth-order valence-electron chi connectivity index (χ4n) is 2.55. The number of hydrogen-bond donors (Lipinski definition) is 2. The number of anilines is 1. The van der Waals surface area contributed by atoms with Crippen LogP contribution in [0.25, 0.3) is 0 Å². The number of aromatic nitrogens is 1. The second-order valence-corrected chi connectivity index (χ2v) is 5.72. The number of aryl methyl sites for hydroxylation is 1. The van der Waals surface area contributed by atoms with Crippen molar-refractivity contribution < 1.29 is 19.4 Å². The molecule has 0 unspecified atom stereocenters. The molecule has 0 bridgehead atoms. The molecule has 0 saturated heterocycles. The highest BCUT2D eigenvalue weighted by atomic mass is 35.5. The van der Waals surface area contributed by atoms with Gasteiger partial charge >= 0.3 is 5.97 Å². The minimum absolute atomic E-state index is 0.224. The van der Waals surface area contributed by atoms with Crippen LogP contribution >= 0.6 is 11.6 Å². The molecule has 128 valence electrons. The SMILES string of the molecule is CCn1c(C)cc(C(=O)Nc2ccc(OCC(=O)O)c(Cl)c2)c1C. The zero-order valence-electron chi connectivity index (χ0n) is 13.7. The Morgan fingerprint density at radius 1 is 1.29 bits per heavy atom. The summed E-state index contributed by atoms with van der Waals surface area (Å²) in [7, 11) is 0. The summed E-state index contributed by atoms with van der Waals surface area (Å²) in [5.41, 5.74) is 3.04. The van der Waals surface area contributed by atoms with Gasteiger partial charge in [-0.25, -0.2) is 4.79 Å². The van der Waals surface area contributed by atoms with Crippen molar-refractivity contribution in [2.45, 2.75) is 27.3 Å². The van der Waals surface area contributed by atoms with Crippen molar-refractivity contribution in [3.05, 3.63) is 46.2 Å². The molecule has 0 fully saturated rings. The monoisotopic (exact) mass is 350 g/mol. The van der Waals surface area contributed by atoms with Crippen LogP contribution in [0.4, 0.5) is 5.69 Å². The Bertz CT molecular complexity index is 783. The molecule has 0 aliphatic carbocycles. The molecule has 24 heavy (non-hydrogen) atoms. The number of rotatable bonds is 6. The lowest BCUT2D eigenvalue weighted by Crippen LogP contribution is -2.13. The van der Waals surface area contributed by atoms with Crippen LogP contribution in [0, 0.1) is 13.8 Å². The van der Waals surface area contributed by atoms with Gasteiger partial charge in [0.1, 0.15) is 5.75 Å². The van der Waals surface area contributed by atoms with E-state index in [0.29, 0.717) is 11.3 Å². The number of hydrogen-bond acceptors (Lipinski definition) is 3. The summed E-state index contributed by atoms with van der Waals surface area (Å²) in [4.78, 5) is 23.0. The Balaban J connectivity index is 2.15. The maximum Gasteiger partial charge on any atom is 0.341 e. The molecule has 1 aromatic heterocycles. The molecule has 1 heterocycles. The van der Waals surface area contributed by atoms with E-state index in [0.717, 1.165) is 17.9 Å². The maximum atomic E-state index is 12.5. The summed E-state index contributed by atoms with van der Waals surface area (Å²) in [5.74, 6) is -1.06. The van der Waals surface area contributed by atoms with Crippen molar-refractivity contribution in [1.82, 2.24) is 4.57 Å². The highest BCUT2D eigenvalue weighted by molar-refractivity contribution is 6.32. The third kappa shape index (κ3) is 3.89. The van der Waals surface area contributed by atoms with Gasteiger partial charge in [0.25, 0.3) is 5.91 Å². The summed E-state index contributed by atoms with van der Waals surface area (Å²) in [5, 5.41) is 11.6. The predicted molar refractivity (Wildman–Crippen MR) is 92.1 cm³/mol. The van der Waals surface area contributed by atoms with Crippen LogP contribution in [0.5, 0.6) is 5.75 Å². The summed E-state index contributed by atoms with van der Waals surface area (Å²) in [6.07, 6.45) is 0. The number of carbonyl (C=O) groups excluding carboxylic acids is 1. The third-order valence-electron chi connectivity index (χ3n) is 3.68. The molecular weight excluding hydrogens is 332 g/mol. The second-order valence-electron chi connectivity index (χ2n) is 5.31. The fourth-order valence-corrected chi connectivity index (χ4v) is 2.79. The standard InChI is InChI=1S/C17H19ClN2O4/c1-4-20-10(2)7-13(11(20)3)17(23)19-12-5-6-15(14(18)8-12)24-9-16(21)22/h5-8H,4,9H2,1-3H3,(H,19,23)(H,21,22). The molecule has 0 radical (unpaired) electrons. The fraction of sp³-hybridized carbons (Fsp3) is 0.294. The van der Waals surface area contributed by atoms with Gasteiger partial charge in [-0.05, 0) is 45.0 Å². The lowest BCUT2D eigenvalue weighted by molar-refractivity contribution is -0.139. The number of carboxylic acid groups (broad SMARTS) is 1. The zero-order chi connectivity index (χ0) is 17.9. The number of halogens is 1. The van der Waals surface area contributed by atoms with E-state index in [9.17, 15) is 9.59 Å². The Labute approximate surface area is 145 Å². The second kappa shape index (κ2) is 7.40. The van der Waals surface area contributed by atoms with E-state index in [1.165, 1.54) is 12.1 Å². The van der Waals surface area contributed by atoms with Gasteiger partial charge in [-0.2, -0.15) is 0 Å². The van der Waals surface area contributed by atoms with E-state index in [-0.39, 0.29) is 16.7 Å². The van der Waals surface area contributed by atoms with Crippen LogP contribution in [-0.4, -0.2) is 28.2 Å². The van der Waals surface area contributed by atoms with Gasteiger partial charge in [0, 0.05) is 23.6 Å². The minimum Gasteiger partial charge on any atom is -0.480 e. The molecule has 1 amide bonds. The zero-order valence-corrected chi connectivity index (χ0v) is 14.5. The molecule has 1 aromatic carbocycles. The predicted octanol–water partition coefficient (Wildman–Crippen LogP) is 3.49. The summed E-state index contributed by atoms with van der Waals surface area (Å²) in [6.45, 7) is 6.21. The van der Waals surface area contributed by atoms with E-state index in [2.05, 4.69) is 9.88 Å².